The second-order valence-corrected chi connectivity index (χ2v) is 5.85. The van der Waals surface area contributed by atoms with Crippen LogP contribution in [0.4, 0.5) is 5.69 Å². The number of nitrogens with one attached hydrogen (secondary N) is 1. The zero-order valence-electron chi connectivity index (χ0n) is 12.9. The highest BCUT2D eigenvalue weighted by molar-refractivity contribution is 6.10. The van der Waals surface area contributed by atoms with E-state index in [1.165, 1.54) is 0 Å². The summed E-state index contributed by atoms with van der Waals surface area (Å²) in [5.41, 5.74) is 4.81. The van der Waals surface area contributed by atoms with Gasteiger partial charge in [-0.2, -0.15) is 15.6 Å². The van der Waals surface area contributed by atoms with Crippen LogP contribution in [0.15, 0.2) is 28.1 Å². The number of imidazole rings is 1. The number of hydrogen-bond donors (Lipinski definition) is 1. The van der Waals surface area contributed by atoms with Crippen molar-refractivity contribution >= 4 is 22.4 Å². The van der Waals surface area contributed by atoms with Crippen molar-refractivity contribution in [2.24, 2.45) is 5.10 Å². The first kappa shape index (κ1) is 14.9. The van der Waals surface area contributed by atoms with E-state index in [-0.39, 0.29) is 17.4 Å². The molecule has 0 unspecified atom stereocenters. The maximum absolute atomic E-state index is 12.7. The summed E-state index contributed by atoms with van der Waals surface area (Å²) in [6.45, 7) is 3.94. The summed E-state index contributed by atoms with van der Waals surface area (Å²) in [6.07, 6.45) is 2.07. The van der Waals surface area contributed by atoms with Gasteiger partial charge in [0.2, 0.25) is 5.71 Å². The lowest BCUT2D eigenvalue weighted by atomic mass is 10.2. The molecule has 7 nitrogen and oxygen atoms in total. The third-order valence-corrected chi connectivity index (χ3v) is 3.84. The molecular weight excluding hydrogens is 292 g/mol. The van der Waals surface area contributed by atoms with Gasteiger partial charge in [-0.25, -0.2) is 4.79 Å². The second-order valence-electron chi connectivity index (χ2n) is 5.85. The first-order chi connectivity index (χ1) is 11.1. The van der Waals surface area contributed by atoms with Crippen molar-refractivity contribution in [3.63, 3.8) is 0 Å². The molecule has 0 spiro atoms. The number of nitriles is 2. The number of benzene rings is 1. The monoisotopic (exact) mass is 308 g/mol. The molecule has 0 bridgehead atoms. The number of anilines is 1. The molecule has 1 aliphatic rings. The lowest BCUT2D eigenvalue weighted by Crippen LogP contribution is -2.24. The van der Waals surface area contributed by atoms with E-state index in [1.54, 1.807) is 22.8 Å². The topological polar surface area (TPSA) is 98.9 Å². The van der Waals surface area contributed by atoms with Crippen LogP contribution in [0.5, 0.6) is 0 Å². The Morgan fingerprint density at radius 2 is 2.00 bits per heavy atom. The molecule has 3 rings (SSSR count). The van der Waals surface area contributed by atoms with Crippen molar-refractivity contribution in [1.29, 1.82) is 10.5 Å². The molecule has 116 valence electrons. The third-order valence-electron chi connectivity index (χ3n) is 3.84. The fraction of sp³-hybridized carbons (Fsp3) is 0.375. The Hall–Kier alpha value is -3.06. The van der Waals surface area contributed by atoms with Crippen molar-refractivity contribution in [2.75, 3.05) is 5.43 Å². The molecule has 0 saturated heterocycles. The highest BCUT2D eigenvalue weighted by Gasteiger charge is 2.29. The molecule has 2 aromatic rings. The highest BCUT2D eigenvalue weighted by Crippen LogP contribution is 2.37. The van der Waals surface area contributed by atoms with Crippen molar-refractivity contribution in [2.45, 2.75) is 38.8 Å². The van der Waals surface area contributed by atoms with Crippen LogP contribution in [-0.2, 0) is 0 Å². The Labute approximate surface area is 133 Å². The highest BCUT2D eigenvalue weighted by atomic mass is 16.1. The van der Waals surface area contributed by atoms with Crippen LogP contribution < -0.4 is 11.1 Å². The summed E-state index contributed by atoms with van der Waals surface area (Å²) >= 11 is 0. The number of fused-ring (bicyclic) bond motifs is 1. The molecule has 1 aliphatic carbocycles. The first-order valence-corrected chi connectivity index (χ1v) is 7.47. The third kappa shape index (κ3) is 2.58. The average Bonchev–Trinajstić information content (AvgIpc) is 3.31. The van der Waals surface area contributed by atoms with Crippen molar-refractivity contribution in [3.05, 3.63) is 28.7 Å². The van der Waals surface area contributed by atoms with E-state index in [1.807, 2.05) is 30.5 Å². The summed E-state index contributed by atoms with van der Waals surface area (Å²) in [4.78, 5) is 12.7. The summed E-state index contributed by atoms with van der Waals surface area (Å²) < 4.78 is 3.62. The van der Waals surface area contributed by atoms with Crippen LogP contribution in [0.1, 0.15) is 38.8 Å². The van der Waals surface area contributed by atoms with Crippen LogP contribution in [0.25, 0.3) is 11.0 Å². The normalized spacial score (nSPS) is 13.6. The zero-order chi connectivity index (χ0) is 16.6. The number of hydrazone groups is 1. The fourth-order valence-electron chi connectivity index (χ4n) is 2.69. The van der Waals surface area contributed by atoms with E-state index < -0.39 is 0 Å². The van der Waals surface area contributed by atoms with E-state index in [0.29, 0.717) is 11.7 Å². The molecule has 1 saturated carbocycles. The Morgan fingerprint density at radius 3 is 2.57 bits per heavy atom. The molecule has 0 radical (unpaired) electrons. The second kappa shape index (κ2) is 5.62. The van der Waals surface area contributed by atoms with Crippen LogP contribution in [0.2, 0.25) is 0 Å². The maximum atomic E-state index is 12.7. The van der Waals surface area contributed by atoms with Crippen LogP contribution in [0, 0.1) is 22.7 Å². The van der Waals surface area contributed by atoms with E-state index in [0.717, 1.165) is 23.9 Å². The van der Waals surface area contributed by atoms with E-state index in [2.05, 4.69) is 10.5 Å². The van der Waals surface area contributed by atoms with Crippen LogP contribution in [0.3, 0.4) is 0 Å². The first-order valence-electron chi connectivity index (χ1n) is 7.47. The van der Waals surface area contributed by atoms with Gasteiger partial charge < -0.3 is 0 Å². The van der Waals surface area contributed by atoms with E-state index in [4.69, 9.17) is 10.5 Å². The molecule has 1 heterocycles. The molecule has 0 amide bonds. The maximum Gasteiger partial charge on any atom is 0.329 e. The number of nitrogens with zero attached hydrogens (tertiary/aromatic N) is 5. The van der Waals surface area contributed by atoms with Gasteiger partial charge in [-0.05, 0) is 44.9 Å². The minimum Gasteiger partial charge on any atom is -0.289 e. The van der Waals surface area contributed by atoms with Gasteiger partial charge in [0.25, 0.3) is 0 Å². The van der Waals surface area contributed by atoms with Crippen molar-refractivity contribution in [1.82, 2.24) is 9.13 Å². The molecule has 1 N–H and O–H groups in total. The molecule has 0 aliphatic heterocycles. The molecule has 23 heavy (non-hydrogen) atoms. The van der Waals surface area contributed by atoms with E-state index in [9.17, 15) is 4.79 Å². The zero-order valence-corrected chi connectivity index (χ0v) is 12.9. The standard InChI is InChI=1S/C16H16N6O/c1-10(2)21-15-7-11(19-20-12(8-17)9-18)3-6-14(15)22(16(21)23)13-4-5-13/h3,6-7,10,13,19H,4-5H2,1-2H3. The summed E-state index contributed by atoms with van der Waals surface area (Å²) in [5.74, 6) is 0. The van der Waals surface area contributed by atoms with Gasteiger partial charge in [-0.3, -0.25) is 14.6 Å². The molecule has 1 aromatic carbocycles. The Bertz CT molecular complexity index is 914. The lowest BCUT2D eigenvalue weighted by Gasteiger charge is -2.07. The van der Waals surface area contributed by atoms with Gasteiger partial charge in [0, 0.05) is 12.1 Å². The summed E-state index contributed by atoms with van der Waals surface area (Å²) in [5, 5.41) is 21.2. The van der Waals surface area contributed by atoms with Crippen LogP contribution in [-0.4, -0.2) is 14.8 Å². The number of rotatable bonds is 4. The largest absolute Gasteiger partial charge is 0.329 e. The lowest BCUT2D eigenvalue weighted by molar-refractivity contribution is 0.568. The molecule has 1 aromatic heterocycles. The molecule has 1 fully saturated rings. The van der Waals surface area contributed by atoms with Gasteiger partial charge in [-0.15, -0.1) is 0 Å². The summed E-state index contributed by atoms with van der Waals surface area (Å²) in [6, 6.07) is 9.22. The number of aromatic nitrogens is 2. The Kier molecular flexibility index (Phi) is 3.63. The van der Waals surface area contributed by atoms with Gasteiger partial charge in [0.05, 0.1) is 16.7 Å². The quantitative estimate of drug-likeness (QED) is 0.693. The van der Waals surface area contributed by atoms with Crippen molar-refractivity contribution in [3.8, 4) is 12.1 Å². The van der Waals surface area contributed by atoms with E-state index >= 15 is 0 Å². The summed E-state index contributed by atoms with van der Waals surface area (Å²) in [7, 11) is 0. The van der Waals surface area contributed by atoms with Crippen molar-refractivity contribution < 1.29 is 0 Å². The minimum absolute atomic E-state index is 0.00731. The fourth-order valence-corrected chi connectivity index (χ4v) is 2.69. The predicted octanol–water partition coefficient (Wildman–Crippen LogP) is 2.53. The molecular formula is C16H16N6O. The Morgan fingerprint density at radius 1 is 1.30 bits per heavy atom. The minimum atomic E-state index is -0.248. The van der Waals surface area contributed by atoms with Crippen LogP contribution >= 0.6 is 0 Å². The smallest absolute Gasteiger partial charge is 0.289 e. The molecule has 0 atom stereocenters. The Balaban J connectivity index is 2.11. The van der Waals surface area contributed by atoms with Gasteiger partial charge >= 0.3 is 5.69 Å². The average molecular weight is 308 g/mol. The number of hydrogen-bond acceptors (Lipinski definition) is 5. The van der Waals surface area contributed by atoms with Gasteiger partial charge in [-0.1, -0.05) is 0 Å². The predicted molar refractivity (Wildman–Crippen MR) is 87.1 cm³/mol. The van der Waals surface area contributed by atoms with Gasteiger partial charge in [0.1, 0.15) is 12.1 Å². The SMILES string of the molecule is CC(C)n1c(=O)n(C2CC2)c2ccc(NN=C(C#N)C#N)cc21. The van der Waals surface area contributed by atoms with Gasteiger partial charge in [0.15, 0.2) is 0 Å². The molecule has 7 heteroatoms.